The maximum absolute atomic E-state index is 14.7. The minimum Gasteiger partial charge on any atom is -0.497 e. The molecule has 4 amide bonds. The molecule has 0 bridgehead atoms. The van der Waals surface area contributed by atoms with Crippen molar-refractivity contribution in [3.63, 3.8) is 0 Å². The van der Waals surface area contributed by atoms with E-state index in [4.69, 9.17) is 19.7 Å². The van der Waals surface area contributed by atoms with E-state index in [0.29, 0.717) is 67.1 Å². The van der Waals surface area contributed by atoms with Crippen molar-refractivity contribution in [2.45, 2.75) is 106 Å². The van der Waals surface area contributed by atoms with Crippen LogP contribution in [0.3, 0.4) is 0 Å². The second kappa shape index (κ2) is 16.0. The lowest BCUT2D eigenvalue weighted by atomic mass is 10.0. The molecule has 57 heavy (non-hydrogen) atoms. The summed E-state index contributed by atoms with van der Waals surface area (Å²) >= 11 is 1.40. The maximum Gasteiger partial charge on any atom is 0.408 e. The van der Waals surface area contributed by atoms with Gasteiger partial charge in [0.1, 0.15) is 45.9 Å². The number of nitrogens with one attached hydrogen (secondary N) is 3. The first-order chi connectivity index (χ1) is 27.5. The highest BCUT2D eigenvalue weighted by atomic mass is 32.2. The third-order valence-corrected chi connectivity index (χ3v) is 13.9. The lowest BCUT2D eigenvalue weighted by molar-refractivity contribution is -0.141. The Morgan fingerprint density at radius 1 is 1.00 bits per heavy atom. The summed E-state index contributed by atoms with van der Waals surface area (Å²) in [6, 6.07) is 4.67. The summed E-state index contributed by atoms with van der Waals surface area (Å²) in [5.41, 5.74) is 0.329. The molecular formula is C39H46N8O8S2. The van der Waals surface area contributed by atoms with Gasteiger partial charge in [0, 0.05) is 48.9 Å². The fourth-order valence-corrected chi connectivity index (χ4v) is 9.86. The van der Waals surface area contributed by atoms with Crippen LogP contribution in [0.25, 0.3) is 22.0 Å². The van der Waals surface area contributed by atoms with Gasteiger partial charge in [-0.2, -0.15) is 9.90 Å². The average Bonchev–Trinajstić information content (AvgIpc) is 3.76. The quantitative estimate of drug-likeness (QED) is 0.263. The topological polar surface area (TPSA) is 204 Å². The summed E-state index contributed by atoms with van der Waals surface area (Å²) in [5, 5.41) is 17.3. The number of aromatic nitrogens is 4. The lowest BCUT2D eigenvalue weighted by Gasteiger charge is -2.30. The average molecular weight is 819 g/mol. The van der Waals surface area contributed by atoms with Crippen molar-refractivity contribution < 1.29 is 37.1 Å². The number of alkyl carbamates (subject to hydrolysis) is 1. The van der Waals surface area contributed by atoms with Gasteiger partial charge in [-0.05, 0) is 62.8 Å². The number of sulfonamides is 1. The largest absolute Gasteiger partial charge is 0.497 e. The monoisotopic (exact) mass is 818 g/mol. The zero-order chi connectivity index (χ0) is 39.7. The summed E-state index contributed by atoms with van der Waals surface area (Å²) in [5.74, 6) is -1.64. The Balaban J connectivity index is 1.12. The van der Waals surface area contributed by atoms with Gasteiger partial charge in [0.15, 0.2) is 0 Å². The zero-order valence-electron chi connectivity index (χ0n) is 31.5. The van der Waals surface area contributed by atoms with E-state index in [0.717, 1.165) is 18.4 Å². The van der Waals surface area contributed by atoms with Gasteiger partial charge < -0.3 is 25.0 Å². The minimum absolute atomic E-state index is 0.0172. The molecule has 18 heteroatoms. The van der Waals surface area contributed by atoms with E-state index in [9.17, 15) is 27.6 Å². The van der Waals surface area contributed by atoms with Crippen LogP contribution in [0.15, 0.2) is 60.1 Å². The van der Waals surface area contributed by atoms with Crippen LogP contribution in [0.5, 0.6) is 5.75 Å². The van der Waals surface area contributed by atoms with E-state index in [2.05, 4.69) is 20.3 Å². The molecule has 2 aliphatic heterocycles. The number of thiazole rings is 1. The molecule has 8 rings (SSSR count). The van der Waals surface area contributed by atoms with E-state index < -0.39 is 68.7 Å². The molecule has 1 aromatic carbocycles. The summed E-state index contributed by atoms with van der Waals surface area (Å²) < 4.78 is 39.0. The van der Waals surface area contributed by atoms with Crippen molar-refractivity contribution in [3.05, 3.63) is 60.1 Å². The van der Waals surface area contributed by atoms with Crippen molar-refractivity contribution in [3.8, 4) is 27.7 Å². The van der Waals surface area contributed by atoms with E-state index in [1.165, 1.54) is 21.0 Å². The third-order valence-electron chi connectivity index (χ3n) is 11.3. The van der Waals surface area contributed by atoms with E-state index in [1.54, 1.807) is 13.3 Å². The number of hydrogen-bond acceptors (Lipinski definition) is 12. The normalized spacial score (nSPS) is 27.4. The Morgan fingerprint density at radius 2 is 1.77 bits per heavy atom. The highest BCUT2D eigenvalue weighted by molar-refractivity contribution is 7.91. The number of rotatable bonds is 9. The molecule has 3 aromatic rings. The molecule has 3 N–H and O–H groups in total. The van der Waals surface area contributed by atoms with Crippen LogP contribution >= 0.6 is 11.3 Å². The molecule has 302 valence electrons. The summed E-state index contributed by atoms with van der Waals surface area (Å²) in [4.78, 5) is 63.7. The zero-order valence-corrected chi connectivity index (χ0v) is 33.2. The Bertz CT molecular complexity index is 2160. The van der Waals surface area contributed by atoms with Gasteiger partial charge in [0.2, 0.25) is 21.8 Å². The maximum atomic E-state index is 14.7. The molecule has 3 aliphatic carbocycles. The molecule has 1 saturated heterocycles. The number of benzene rings is 1. The third kappa shape index (κ3) is 8.33. The molecule has 16 nitrogen and oxygen atoms in total. The van der Waals surface area contributed by atoms with Crippen LogP contribution in [0.2, 0.25) is 0 Å². The number of ether oxygens (including phenoxy) is 2. The lowest BCUT2D eigenvalue weighted by Crippen LogP contribution is -2.58. The van der Waals surface area contributed by atoms with Crippen LogP contribution in [0, 0.1) is 5.92 Å². The summed E-state index contributed by atoms with van der Waals surface area (Å²) in [6.45, 7) is 0.0172. The van der Waals surface area contributed by atoms with E-state index >= 15 is 0 Å². The number of fused-ring (bicyclic) bond motifs is 2. The molecule has 0 unspecified atom stereocenters. The predicted octanol–water partition coefficient (Wildman–Crippen LogP) is 4.04. The minimum atomic E-state index is -3.90. The predicted molar refractivity (Wildman–Crippen MR) is 209 cm³/mol. The Labute approximate surface area is 334 Å². The fraction of sp³-hybridized carbons (Fsp3) is 0.513. The van der Waals surface area contributed by atoms with Gasteiger partial charge in [-0.3, -0.25) is 19.1 Å². The molecule has 0 spiro atoms. The number of methoxy groups -OCH3 is 1. The smallest absolute Gasteiger partial charge is 0.408 e. The number of carbonyl (C=O) groups excluding carboxylic acids is 4. The molecule has 5 aliphatic rings. The van der Waals surface area contributed by atoms with Crippen LogP contribution in [-0.4, -0.2) is 99.7 Å². The highest BCUT2D eigenvalue weighted by Crippen LogP contribution is 2.46. The van der Waals surface area contributed by atoms with Gasteiger partial charge >= 0.3 is 6.09 Å². The van der Waals surface area contributed by atoms with Crippen LogP contribution in [-0.2, 0) is 29.1 Å². The van der Waals surface area contributed by atoms with Crippen molar-refractivity contribution in [2.75, 3.05) is 13.7 Å². The Morgan fingerprint density at radius 3 is 2.49 bits per heavy atom. The van der Waals surface area contributed by atoms with Gasteiger partial charge in [0.25, 0.3) is 5.91 Å². The van der Waals surface area contributed by atoms with Crippen molar-refractivity contribution in [2.24, 2.45) is 5.92 Å². The van der Waals surface area contributed by atoms with Gasteiger partial charge in [-0.1, -0.05) is 37.1 Å². The van der Waals surface area contributed by atoms with Crippen molar-refractivity contribution >= 4 is 45.2 Å². The number of carbonyl (C=O) groups is 4. The Hall–Kier alpha value is -5.10. The molecule has 4 heterocycles. The molecule has 0 radical (unpaired) electrons. The molecule has 2 saturated carbocycles. The first kappa shape index (κ1) is 38.8. The van der Waals surface area contributed by atoms with Gasteiger partial charge in [-0.25, -0.2) is 18.2 Å². The first-order valence-electron chi connectivity index (χ1n) is 19.5. The second-order valence-electron chi connectivity index (χ2n) is 15.4. The van der Waals surface area contributed by atoms with Gasteiger partial charge in [-0.15, -0.1) is 16.4 Å². The molecule has 3 fully saturated rings. The standard InChI is InChI=1S/C39H46N8O8S2/c1-54-27-15-13-24(14-16-27)32-33(35-40-19-20-56-35)44-47(43-32)26-21-31-34(48)42-39(37(50)45-57(52,53)29-17-18-29)22-25(39)9-5-3-2-4-6-12-30(36(49)46(31)23-26)41-38(51)55-28-10-7-8-11-28/h5,7-9,13-16,19-20,25-26,28-31H,2-4,6,10-12,17-18,21-23H2,1H3,(H,41,51)(H,42,48)(H,45,50)/b9-5+/t25-,26-,30-,31+,39-/m1/s1. The fourth-order valence-electron chi connectivity index (χ4n) is 7.87. The Kier molecular flexibility index (Phi) is 10.9. The van der Waals surface area contributed by atoms with E-state index in [1.807, 2.05) is 53.9 Å². The SMILES string of the molecule is COc1ccc(-c2nn([C@@H]3C[C@H]4C(=O)N[C@]5(C(=O)NS(=O)(=O)C6CC6)C[C@H]5/C=C/CCCCC[C@@H](NC(=O)OC5CC=CC5)C(=O)N4C3)nc2-c2nccs2)cc1. The number of amides is 4. The molecule has 5 atom stereocenters. The van der Waals surface area contributed by atoms with Crippen LogP contribution < -0.4 is 20.1 Å². The van der Waals surface area contributed by atoms with E-state index in [-0.39, 0.29) is 25.5 Å². The summed E-state index contributed by atoms with van der Waals surface area (Å²) in [6.07, 6.45) is 14.0. The summed E-state index contributed by atoms with van der Waals surface area (Å²) in [7, 11) is -2.32. The van der Waals surface area contributed by atoms with Gasteiger partial charge in [0.05, 0.1) is 18.4 Å². The highest BCUT2D eigenvalue weighted by Gasteiger charge is 2.62. The van der Waals surface area contributed by atoms with Crippen molar-refractivity contribution in [1.82, 2.24) is 40.2 Å². The van der Waals surface area contributed by atoms with Crippen LogP contribution in [0.1, 0.15) is 76.7 Å². The number of allylic oxidation sites excluding steroid dienone is 1. The van der Waals surface area contributed by atoms with Crippen molar-refractivity contribution in [1.29, 1.82) is 0 Å². The molecular weight excluding hydrogens is 773 g/mol. The van der Waals surface area contributed by atoms with Crippen LogP contribution in [0.4, 0.5) is 4.79 Å². The number of nitrogens with zero attached hydrogens (tertiary/aromatic N) is 5. The first-order valence-corrected chi connectivity index (χ1v) is 22.0. The second-order valence-corrected chi connectivity index (χ2v) is 18.2. The molecule has 2 aromatic heterocycles. The number of hydrogen-bond donors (Lipinski definition) is 3.